The number of ether oxygens (including phenoxy) is 2. The molecule has 0 amide bonds. The van der Waals surface area contributed by atoms with E-state index in [1.807, 2.05) is 21.1 Å². The fourth-order valence-electron chi connectivity index (χ4n) is 11.2. The van der Waals surface area contributed by atoms with Crippen LogP contribution in [-0.4, -0.2) is 70.0 Å². The lowest BCUT2D eigenvalue weighted by Gasteiger charge is -2.28. The molecule has 2 atom stereocenters. The lowest BCUT2D eigenvalue weighted by atomic mass is 10.0. The molecule has 0 aliphatic carbocycles. The number of allylic oxidation sites excluding steroid dienone is 30. The van der Waals surface area contributed by atoms with Gasteiger partial charge in [0.1, 0.15) is 19.8 Å². The molecule has 10 heteroatoms. The summed E-state index contributed by atoms with van der Waals surface area (Å²) in [5.41, 5.74) is 0. The van der Waals surface area contributed by atoms with Gasteiger partial charge in [0.05, 0.1) is 27.7 Å². The van der Waals surface area contributed by atoms with Gasteiger partial charge in [0.15, 0.2) is 6.10 Å². The van der Waals surface area contributed by atoms with Crippen LogP contribution >= 0.6 is 7.82 Å². The lowest BCUT2D eigenvalue weighted by molar-refractivity contribution is -0.870. The van der Waals surface area contributed by atoms with Crippen molar-refractivity contribution < 1.29 is 42.1 Å². The second kappa shape index (κ2) is 80.2. The molecule has 0 saturated carbocycles. The summed E-state index contributed by atoms with van der Waals surface area (Å²) in [6, 6.07) is 0. The fraction of sp³-hybridized carbons (Fsp3) is 0.652. The minimum absolute atomic E-state index is 0.0419. The summed E-state index contributed by atoms with van der Waals surface area (Å²) in [7, 11) is 1.14. The fourth-order valence-corrected chi connectivity index (χ4v) is 11.9. The Morgan fingerprint density at radius 1 is 0.304 bits per heavy atom. The van der Waals surface area contributed by atoms with Crippen molar-refractivity contribution in [3.8, 4) is 0 Å². The van der Waals surface area contributed by atoms with Crippen molar-refractivity contribution in [2.45, 2.75) is 341 Å². The third kappa shape index (κ3) is 84.1. The normalized spacial score (nSPS) is 14.0. The Hall–Kier alpha value is -4.89. The van der Waals surface area contributed by atoms with E-state index in [1.54, 1.807) is 0 Å². The number of phosphoric ester groups is 1. The second-order valence-corrected chi connectivity index (χ2v) is 29.8. The number of hydrogen-bond donors (Lipinski definition) is 0. The topological polar surface area (TPSA) is 111 Å². The molecule has 0 aliphatic rings. The third-order valence-electron chi connectivity index (χ3n) is 17.4. The van der Waals surface area contributed by atoms with Gasteiger partial charge in [-0.3, -0.25) is 14.2 Å². The summed E-state index contributed by atoms with van der Waals surface area (Å²) in [5, 5.41) is 0. The predicted octanol–water partition coefficient (Wildman–Crippen LogP) is 27.5. The first-order valence-electron chi connectivity index (χ1n) is 41.5. The van der Waals surface area contributed by atoms with Gasteiger partial charge < -0.3 is 27.9 Å². The van der Waals surface area contributed by atoms with Crippen LogP contribution in [0.5, 0.6) is 0 Å². The van der Waals surface area contributed by atoms with Crippen LogP contribution in [0.3, 0.4) is 0 Å². The summed E-state index contributed by atoms with van der Waals surface area (Å²) >= 11 is 0. The Balaban J connectivity index is 4.03. The highest BCUT2D eigenvalue weighted by atomic mass is 31.2. The van der Waals surface area contributed by atoms with E-state index in [0.717, 1.165) is 148 Å². The third-order valence-corrected chi connectivity index (χ3v) is 18.4. The number of carbonyl (C=O) groups excluding carboxylic acids is 2. The Labute approximate surface area is 629 Å². The number of hydrogen-bond acceptors (Lipinski definition) is 8. The van der Waals surface area contributed by atoms with Gasteiger partial charge in [0, 0.05) is 12.8 Å². The van der Waals surface area contributed by atoms with Crippen molar-refractivity contribution in [2.75, 3.05) is 47.5 Å². The summed E-state index contributed by atoms with van der Waals surface area (Å²) < 4.78 is 34.4. The molecule has 0 N–H and O–H groups in total. The van der Waals surface area contributed by atoms with Gasteiger partial charge in [-0.15, -0.1) is 0 Å². The van der Waals surface area contributed by atoms with Crippen molar-refractivity contribution in [3.63, 3.8) is 0 Å². The first-order valence-corrected chi connectivity index (χ1v) is 43.0. The minimum atomic E-state index is -4.66. The van der Waals surface area contributed by atoms with Crippen LogP contribution in [-0.2, 0) is 32.7 Å². The van der Waals surface area contributed by atoms with Gasteiger partial charge in [-0.1, -0.05) is 369 Å². The molecule has 2 unspecified atom stereocenters. The highest BCUT2D eigenvalue weighted by Gasteiger charge is 2.22. The van der Waals surface area contributed by atoms with Crippen molar-refractivity contribution in [2.24, 2.45) is 0 Å². The number of phosphoric acid groups is 1. The summed E-state index contributed by atoms with van der Waals surface area (Å²) in [6.45, 7) is 4.00. The van der Waals surface area contributed by atoms with Gasteiger partial charge in [-0.25, -0.2) is 0 Å². The van der Waals surface area contributed by atoms with E-state index in [9.17, 15) is 19.0 Å². The van der Waals surface area contributed by atoms with E-state index in [2.05, 4.69) is 196 Å². The number of quaternary nitrogens is 1. The SMILES string of the molecule is CC/C=C\C/C=C\C/C=C\C/C=C\C/C=C\C/C=C\C/C=C\C/C=C\C/C=C\C/C=C\C/C=C\CCCCCCCC(=O)OC(COC(=O)CCCCCCCCCCCCCCCCCCCCCCCCCCCC/C=C\C/C=C\C/C=C\C/C=C\CC)COP(=O)([O-])OCC[N+](C)(C)C. The molecule has 0 heterocycles. The largest absolute Gasteiger partial charge is 0.756 e. The van der Waals surface area contributed by atoms with Crippen LogP contribution in [0.25, 0.3) is 0 Å². The first kappa shape index (κ1) is 97.1. The lowest BCUT2D eigenvalue weighted by Crippen LogP contribution is -2.37. The molecule has 0 rings (SSSR count). The number of carbonyl (C=O) groups is 2. The molecular weight excluding hydrogens is 1280 g/mol. The maximum atomic E-state index is 12.9. The molecule has 0 saturated heterocycles. The van der Waals surface area contributed by atoms with Crippen LogP contribution in [0.15, 0.2) is 182 Å². The molecule has 0 aliphatic heterocycles. The molecule has 0 aromatic carbocycles. The molecule has 0 aromatic rings. The number of esters is 2. The molecule has 0 spiro atoms. The standard InChI is InChI=1S/C92H154NO8P/c1-6-8-10-12-14-16-18-20-22-24-26-28-30-32-34-36-38-40-42-44-46-48-50-52-54-56-58-60-62-64-66-68-70-72-74-76-78-80-82-84-91(94)98-88-90(89-100-102(96,97)99-87-86-93(3,4)5)101-92(95)85-83-81-79-77-75-73-71-69-67-65-63-61-59-57-55-53-51-49-47-45-43-41-39-37-35-33-31-29-27-25-23-21-19-17-15-13-11-9-7-2/h8-11,14-17,20-23,26-29,33,35,39,41,45,47,51,53,57,59,63,65,69,71,90H,6-7,12-13,18-19,24-25,30-32,34,36-38,40,42-44,46,48-50,52,54-56,58,60-62,64,66-68,70,72-89H2,1-5H3/b10-8-,11-9-,16-14-,17-15-,22-20-,23-21-,28-26-,29-27-,35-33-,41-39-,47-45-,53-51-,59-57-,65-63-,71-69-. The molecule has 9 nitrogen and oxygen atoms in total. The smallest absolute Gasteiger partial charge is 0.306 e. The Morgan fingerprint density at radius 3 is 0.784 bits per heavy atom. The van der Waals surface area contributed by atoms with E-state index in [4.69, 9.17) is 18.5 Å². The van der Waals surface area contributed by atoms with E-state index in [-0.39, 0.29) is 32.0 Å². The van der Waals surface area contributed by atoms with Crippen LogP contribution in [0.1, 0.15) is 335 Å². The average Bonchev–Trinajstić information content (AvgIpc) is 0.914. The molecule has 0 radical (unpaired) electrons. The Morgan fingerprint density at radius 2 is 0.529 bits per heavy atom. The van der Waals surface area contributed by atoms with Crippen molar-refractivity contribution in [1.82, 2.24) is 0 Å². The zero-order valence-corrected chi connectivity index (χ0v) is 67.1. The van der Waals surface area contributed by atoms with E-state index < -0.39 is 26.5 Å². The van der Waals surface area contributed by atoms with Gasteiger partial charge >= 0.3 is 11.9 Å². The van der Waals surface area contributed by atoms with Crippen molar-refractivity contribution in [3.05, 3.63) is 182 Å². The van der Waals surface area contributed by atoms with Crippen LogP contribution in [0, 0.1) is 0 Å². The van der Waals surface area contributed by atoms with Crippen LogP contribution in [0.4, 0.5) is 0 Å². The monoisotopic (exact) mass is 1430 g/mol. The maximum absolute atomic E-state index is 12.9. The van der Waals surface area contributed by atoms with E-state index >= 15 is 0 Å². The van der Waals surface area contributed by atoms with Crippen LogP contribution in [0.2, 0.25) is 0 Å². The van der Waals surface area contributed by atoms with Gasteiger partial charge in [-0.05, 0) is 135 Å². The van der Waals surface area contributed by atoms with Gasteiger partial charge in [0.2, 0.25) is 0 Å². The Bertz CT molecular complexity index is 2390. The molecule has 580 valence electrons. The van der Waals surface area contributed by atoms with Gasteiger partial charge in [-0.2, -0.15) is 0 Å². The zero-order chi connectivity index (χ0) is 74.0. The maximum Gasteiger partial charge on any atom is 0.306 e. The van der Waals surface area contributed by atoms with Crippen molar-refractivity contribution >= 4 is 19.8 Å². The molecular formula is C92H154NO8P. The molecule has 102 heavy (non-hydrogen) atoms. The first-order chi connectivity index (χ1) is 50.0. The predicted molar refractivity (Wildman–Crippen MR) is 443 cm³/mol. The van der Waals surface area contributed by atoms with Crippen LogP contribution < -0.4 is 4.89 Å². The molecule has 0 fully saturated rings. The average molecular weight is 1430 g/mol. The zero-order valence-electron chi connectivity index (χ0n) is 66.2. The van der Waals surface area contributed by atoms with E-state index in [0.29, 0.717) is 17.4 Å². The minimum Gasteiger partial charge on any atom is -0.756 e. The van der Waals surface area contributed by atoms with Crippen molar-refractivity contribution in [1.29, 1.82) is 0 Å². The Kier molecular flexibility index (Phi) is 76.4. The van der Waals surface area contributed by atoms with E-state index in [1.165, 1.54) is 154 Å². The number of rotatable bonds is 75. The highest BCUT2D eigenvalue weighted by molar-refractivity contribution is 7.45. The molecule has 0 aromatic heterocycles. The quantitative estimate of drug-likeness (QED) is 0.0195. The summed E-state index contributed by atoms with van der Waals surface area (Å²) in [6.07, 6.45) is 123. The number of likely N-dealkylation sites (N-methyl/N-ethyl adjacent to an activating group) is 1. The van der Waals surface area contributed by atoms with Gasteiger partial charge in [0.25, 0.3) is 7.82 Å². The summed E-state index contributed by atoms with van der Waals surface area (Å²) in [4.78, 5) is 38.2. The molecule has 0 bridgehead atoms. The highest BCUT2D eigenvalue weighted by Crippen LogP contribution is 2.38. The number of unbranched alkanes of at least 4 members (excludes halogenated alkanes) is 31. The number of nitrogens with zero attached hydrogens (tertiary/aromatic N) is 1. The summed E-state index contributed by atoms with van der Waals surface area (Å²) in [5.74, 6) is -0.855. The second-order valence-electron chi connectivity index (χ2n) is 28.4.